The highest BCUT2D eigenvalue weighted by Gasteiger charge is 2.21. The van der Waals surface area contributed by atoms with Crippen molar-refractivity contribution >= 4 is 0 Å². The van der Waals surface area contributed by atoms with Crippen molar-refractivity contribution in [2.75, 3.05) is 6.61 Å². The van der Waals surface area contributed by atoms with E-state index in [1.54, 1.807) is 0 Å². The summed E-state index contributed by atoms with van der Waals surface area (Å²) in [6.07, 6.45) is 12.9. The standard InChI is InChI=1S/C21H30O/c1-16-3-7-18(8-4-16)15-22-21-13-11-20(12-14-21)19-9-5-17(2)6-10-19/h5-6,9-11,13,16,18,20-21H,3-4,7-8,12,14-15H2,1-2H3. The zero-order chi connectivity index (χ0) is 15.4. The fourth-order valence-electron chi connectivity index (χ4n) is 3.78. The van der Waals surface area contributed by atoms with Crippen molar-refractivity contribution in [2.45, 2.75) is 64.4 Å². The van der Waals surface area contributed by atoms with Gasteiger partial charge in [-0.15, -0.1) is 0 Å². The maximum Gasteiger partial charge on any atom is 0.0756 e. The lowest BCUT2D eigenvalue weighted by Gasteiger charge is -2.29. The van der Waals surface area contributed by atoms with Gasteiger partial charge in [0.1, 0.15) is 0 Å². The Labute approximate surface area is 135 Å². The summed E-state index contributed by atoms with van der Waals surface area (Å²) in [6.45, 7) is 5.50. The summed E-state index contributed by atoms with van der Waals surface area (Å²) in [7, 11) is 0. The average molecular weight is 298 g/mol. The maximum absolute atomic E-state index is 6.17. The quantitative estimate of drug-likeness (QED) is 0.654. The van der Waals surface area contributed by atoms with Crippen molar-refractivity contribution in [3.8, 4) is 0 Å². The van der Waals surface area contributed by atoms with Gasteiger partial charge >= 0.3 is 0 Å². The van der Waals surface area contributed by atoms with E-state index in [-0.39, 0.29) is 0 Å². The first-order chi connectivity index (χ1) is 10.7. The minimum atomic E-state index is 0.348. The molecule has 0 saturated heterocycles. The van der Waals surface area contributed by atoms with Gasteiger partial charge in [0, 0.05) is 5.92 Å². The molecule has 0 aromatic heterocycles. The van der Waals surface area contributed by atoms with E-state index in [0.29, 0.717) is 12.0 Å². The largest absolute Gasteiger partial charge is 0.374 e. The molecule has 0 aliphatic heterocycles. The van der Waals surface area contributed by atoms with Gasteiger partial charge in [0.15, 0.2) is 0 Å². The Kier molecular flexibility index (Phi) is 5.36. The Hall–Kier alpha value is -1.08. The van der Waals surface area contributed by atoms with Gasteiger partial charge in [0.05, 0.1) is 12.7 Å². The Balaban J connectivity index is 1.46. The normalized spacial score (nSPS) is 32.1. The lowest BCUT2D eigenvalue weighted by atomic mass is 9.83. The monoisotopic (exact) mass is 298 g/mol. The van der Waals surface area contributed by atoms with E-state index in [2.05, 4.69) is 50.3 Å². The molecule has 1 heteroatoms. The third kappa shape index (κ3) is 4.23. The Morgan fingerprint density at radius 3 is 2.27 bits per heavy atom. The maximum atomic E-state index is 6.17. The first kappa shape index (κ1) is 15.8. The third-order valence-corrected chi connectivity index (χ3v) is 5.51. The van der Waals surface area contributed by atoms with E-state index >= 15 is 0 Å². The number of ether oxygens (including phenoxy) is 1. The van der Waals surface area contributed by atoms with Gasteiger partial charge < -0.3 is 4.74 Å². The van der Waals surface area contributed by atoms with E-state index in [4.69, 9.17) is 4.74 Å². The number of aryl methyl sites for hydroxylation is 1. The van der Waals surface area contributed by atoms with Gasteiger partial charge in [0.2, 0.25) is 0 Å². The summed E-state index contributed by atoms with van der Waals surface area (Å²) in [5.74, 6) is 2.32. The second-order valence-electron chi connectivity index (χ2n) is 7.48. The van der Waals surface area contributed by atoms with Crippen LogP contribution in [-0.2, 0) is 4.74 Å². The predicted octanol–water partition coefficient (Wildman–Crippen LogP) is 5.64. The molecule has 1 nitrogen and oxygen atoms in total. The SMILES string of the molecule is Cc1ccc(C2C=CC(OCC3CCC(C)CC3)CC2)cc1. The van der Waals surface area contributed by atoms with E-state index < -0.39 is 0 Å². The lowest BCUT2D eigenvalue weighted by Crippen LogP contribution is -2.22. The zero-order valence-electron chi connectivity index (χ0n) is 14.1. The molecule has 1 aromatic rings. The van der Waals surface area contributed by atoms with Crippen molar-refractivity contribution in [3.05, 3.63) is 47.5 Å². The van der Waals surface area contributed by atoms with Crippen LogP contribution in [0, 0.1) is 18.8 Å². The van der Waals surface area contributed by atoms with Gasteiger partial charge in [-0.3, -0.25) is 0 Å². The smallest absolute Gasteiger partial charge is 0.0756 e. The molecule has 1 fully saturated rings. The van der Waals surface area contributed by atoms with Crippen LogP contribution in [0.25, 0.3) is 0 Å². The van der Waals surface area contributed by atoms with Crippen molar-refractivity contribution in [3.63, 3.8) is 0 Å². The molecule has 0 spiro atoms. The summed E-state index contributed by atoms with van der Waals surface area (Å²) in [5.41, 5.74) is 2.79. The van der Waals surface area contributed by atoms with Crippen LogP contribution in [0.1, 0.15) is 62.5 Å². The van der Waals surface area contributed by atoms with Gasteiger partial charge in [-0.05, 0) is 50.0 Å². The molecule has 0 radical (unpaired) electrons. The summed E-state index contributed by atoms with van der Waals surface area (Å²) in [5, 5.41) is 0. The fraction of sp³-hybridized carbons (Fsp3) is 0.619. The van der Waals surface area contributed by atoms with Crippen molar-refractivity contribution < 1.29 is 4.74 Å². The fourth-order valence-corrected chi connectivity index (χ4v) is 3.78. The highest BCUT2D eigenvalue weighted by atomic mass is 16.5. The molecule has 22 heavy (non-hydrogen) atoms. The number of benzene rings is 1. The van der Waals surface area contributed by atoms with Crippen LogP contribution in [0.2, 0.25) is 0 Å². The van der Waals surface area contributed by atoms with Crippen molar-refractivity contribution in [1.29, 1.82) is 0 Å². The zero-order valence-corrected chi connectivity index (χ0v) is 14.1. The average Bonchev–Trinajstić information content (AvgIpc) is 2.56. The molecule has 0 amide bonds. The minimum Gasteiger partial charge on any atom is -0.374 e. The summed E-state index contributed by atoms with van der Waals surface area (Å²) >= 11 is 0. The molecule has 2 aliphatic carbocycles. The molecule has 2 atom stereocenters. The van der Waals surface area contributed by atoms with Crippen LogP contribution in [0.3, 0.4) is 0 Å². The topological polar surface area (TPSA) is 9.23 Å². The minimum absolute atomic E-state index is 0.348. The molecule has 0 N–H and O–H groups in total. The molecule has 120 valence electrons. The van der Waals surface area contributed by atoms with Crippen LogP contribution in [0.5, 0.6) is 0 Å². The van der Waals surface area contributed by atoms with Crippen LogP contribution >= 0.6 is 0 Å². The van der Waals surface area contributed by atoms with Crippen LogP contribution in [0.4, 0.5) is 0 Å². The molecular weight excluding hydrogens is 268 g/mol. The van der Waals surface area contributed by atoms with Crippen LogP contribution < -0.4 is 0 Å². The van der Waals surface area contributed by atoms with Crippen molar-refractivity contribution in [1.82, 2.24) is 0 Å². The van der Waals surface area contributed by atoms with E-state index in [1.165, 1.54) is 43.2 Å². The Bertz CT molecular complexity index is 479. The number of hydrogen-bond acceptors (Lipinski definition) is 1. The van der Waals surface area contributed by atoms with Gasteiger partial charge in [-0.2, -0.15) is 0 Å². The van der Waals surface area contributed by atoms with Gasteiger partial charge in [-0.25, -0.2) is 0 Å². The molecule has 0 bridgehead atoms. The van der Waals surface area contributed by atoms with Crippen LogP contribution in [-0.4, -0.2) is 12.7 Å². The molecule has 1 aromatic carbocycles. The molecule has 2 unspecified atom stereocenters. The van der Waals surface area contributed by atoms with E-state index in [1.807, 2.05) is 0 Å². The highest BCUT2D eigenvalue weighted by molar-refractivity contribution is 5.28. The van der Waals surface area contributed by atoms with Crippen LogP contribution in [0.15, 0.2) is 36.4 Å². The molecule has 2 aliphatic rings. The van der Waals surface area contributed by atoms with E-state index in [9.17, 15) is 0 Å². The molecule has 0 heterocycles. The molecular formula is C21H30O. The molecule has 1 saturated carbocycles. The van der Waals surface area contributed by atoms with Gasteiger partial charge in [-0.1, -0.05) is 61.7 Å². The first-order valence-corrected chi connectivity index (χ1v) is 9.07. The van der Waals surface area contributed by atoms with Gasteiger partial charge in [0.25, 0.3) is 0 Å². The van der Waals surface area contributed by atoms with Crippen molar-refractivity contribution in [2.24, 2.45) is 11.8 Å². The Morgan fingerprint density at radius 2 is 1.64 bits per heavy atom. The summed E-state index contributed by atoms with van der Waals surface area (Å²) < 4.78 is 6.17. The highest BCUT2D eigenvalue weighted by Crippen LogP contribution is 2.31. The third-order valence-electron chi connectivity index (χ3n) is 5.51. The first-order valence-electron chi connectivity index (χ1n) is 9.07. The second-order valence-corrected chi connectivity index (χ2v) is 7.48. The lowest BCUT2D eigenvalue weighted by molar-refractivity contribution is 0.0345. The Morgan fingerprint density at radius 1 is 0.909 bits per heavy atom. The number of allylic oxidation sites excluding steroid dienone is 1. The van der Waals surface area contributed by atoms with E-state index in [0.717, 1.165) is 24.9 Å². The second kappa shape index (κ2) is 7.46. The predicted molar refractivity (Wildman–Crippen MR) is 93.2 cm³/mol. The summed E-state index contributed by atoms with van der Waals surface area (Å²) in [6, 6.07) is 8.98. The molecule has 3 rings (SSSR count). The number of rotatable bonds is 4. The number of hydrogen-bond donors (Lipinski definition) is 0. The summed E-state index contributed by atoms with van der Waals surface area (Å²) in [4.78, 5) is 0.